The van der Waals surface area contributed by atoms with Crippen LogP contribution in [0.2, 0.25) is 0 Å². The molecule has 29 heavy (non-hydrogen) atoms. The van der Waals surface area contributed by atoms with Crippen molar-refractivity contribution in [1.82, 2.24) is 4.90 Å². The maximum absolute atomic E-state index is 13.3. The van der Waals surface area contributed by atoms with Crippen molar-refractivity contribution in [1.29, 1.82) is 0 Å². The van der Waals surface area contributed by atoms with Crippen molar-refractivity contribution in [2.75, 3.05) is 32.1 Å². The van der Waals surface area contributed by atoms with Gasteiger partial charge in [-0.1, -0.05) is 48.9 Å². The first kappa shape index (κ1) is 19.7. The number of nitrogens with zero attached hydrogens (tertiary/aromatic N) is 1. The number of allylic oxidation sites excluding steroid dienone is 1. The molecular formula is C25H30N2O2. The fraction of sp³-hybridized carbons (Fsp3) is 0.400. The highest BCUT2D eigenvalue weighted by Gasteiger charge is 2.30. The molecule has 4 nitrogen and oxygen atoms in total. The number of piperidine rings is 1. The van der Waals surface area contributed by atoms with Crippen molar-refractivity contribution in [3.8, 4) is 5.75 Å². The fourth-order valence-electron chi connectivity index (χ4n) is 4.48. The van der Waals surface area contributed by atoms with E-state index in [1.54, 1.807) is 7.11 Å². The number of ketones is 1. The monoisotopic (exact) mass is 390 g/mol. The molecule has 4 rings (SSSR count). The summed E-state index contributed by atoms with van der Waals surface area (Å²) < 4.78 is 5.53. The smallest absolute Gasteiger partial charge is 0.162 e. The SMILES string of the molecule is COc1ccccc1NC1=C(CN2CCCCC2)C(=O)CC(c2ccccc2)C1. The van der Waals surface area contributed by atoms with Gasteiger partial charge in [-0.05, 0) is 56.0 Å². The number of likely N-dealkylation sites (tertiary alicyclic amines) is 1. The lowest BCUT2D eigenvalue weighted by molar-refractivity contribution is -0.116. The zero-order valence-electron chi connectivity index (χ0n) is 17.2. The van der Waals surface area contributed by atoms with Crippen molar-refractivity contribution in [3.05, 3.63) is 71.4 Å². The van der Waals surface area contributed by atoms with Crippen LogP contribution in [0.5, 0.6) is 5.75 Å². The zero-order chi connectivity index (χ0) is 20.1. The molecule has 1 heterocycles. The Hall–Kier alpha value is -2.59. The molecule has 1 saturated heterocycles. The minimum Gasteiger partial charge on any atom is -0.495 e. The second-order valence-corrected chi connectivity index (χ2v) is 8.06. The minimum atomic E-state index is 0.214. The molecule has 0 amide bonds. The number of hydrogen-bond acceptors (Lipinski definition) is 4. The lowest BCUT2D eigenvalue weighted by Gasteiger charge is -2.32. The Morgan fingerprint density at radius 3 is 2.45 bits per heavy atom. The van der Waals surface area contributed by atoms with Crippen molar-refractivity contribution in [2.45, 2.75) is 38.0 Å². The molecule has 1 unspecified atom stereocenters. The molecule has 0 saturated carbocycles. The number of nitrogens with one attached hydrogen (secondary N) is 1. The average molecular weight is 391 g/mol. The molecule has 0 bridgehead atoms. The first-order valence-corrected chi connectivity index (χ1v) is 10.7. The number of benzene rings is 2. The molecule has 2 aromatic carbocycles. The Morgan fingerprint density at radius 1 is 0.966 bits per heavy atom. The van der Waals surface area contributed by atoms with Crippen molar-refractivity contribution in [2.24, 2.45) is 0 Å². The minimum absolute atomic E-state index is 0.214. The number of carbonyl (C=O) groups excluding carboxylic acids is 1. The van der Waals surface area contributed by atoms with Gasteiger partial charge in [0.15, 0.2) is 5.78 Å². The third-order valence-corrected chi connectivity index (χ3v) is 6.08. The molecule has 1 N–H and O–H groups in total. The van der Waals surface area contributed by atoms with Crippen molar-refractivity contribution in [3.63, 3.8) is 0 Å². The molecular weight excluding hydrogens is 360 g/mol. The van der Waals surface area contributed by atoms with E-state index in [4.69, 9.17) is 4.74 Å². The van der Waals surface area contributed by atoms with Crippen LogP contribution in [0, 0.1) is 0 Å². The Bertz CT molecular complexity index is 869. The summed E-state index contributed by atoms with van der Waals surface area (Å²) in [6, 6.07) is 18.3. The van der Waals surface area contributed by atoms with E-state index in [1.807, 2.05) is 30.3 Å². The number of rotatable bonds is 6. The molecule has 1 fully saturated rings. The Morgan fingerprint density at radius 2 is 1.69 bits per heavy atom. The molecule has 2 aliphatic rings. The van der Waals surface area contributed by atoms with Gasteiger partial charge in [-0.2, -0.15) is 0 Å². The lowest BCUT2D eigenvalue weighted by atomic mass is 9.81. The van der Waals surface area contributed by atoms with E-state index in [2.05, 4.69) is 34.5 Å². The van der Waals surface area contributed by atoms with Gasteiger partial charge in [0.1, 0.15) is 5.75 Å². The molecule has 4 heteroatoms. The molecule has 152 valence electrons. The summed E-state index contributed by atoms with van der Waals surface area (Å²) >= 11 is 0. The van der Waals surface area contributed by atoms with Gasteiger partial charge in [-0.15, -0.1) is 0 Å². The molecule has 1 atom stereocenters. The van der Waals surface area contributed by atoms with Crippen molar-refractivity contribution < 1.29 is 9.53 Å². The van der Waals surface area contributed by atoms with E-state index >= 15 is 0 Å². The number of anilines is 1. The Balaban J connectivity index is 1.65. The van der Waals surface area contributed by atoms with Gasteiger partial charge in [0.2, 0.25) is 0 Å². The maximum atomic E-state index is 13.3. The second kappa shape index (κ2) is 9.27. The normalized spacial score (nSPS) is 20.6. The van der Waals surface area contributed by atoms with Gasteiger partial charge < -0.3 is 10.1 Å². The van der Waals surface area contributed by atoms with Crippen LogP contribution in [0.3, 0.4) is 0 Å². The molecule has 1 aliphatic carbocycles. The van der Waals surface area contributed by atoms with E-state index < -0.39 is 0 Å². The predicted molar refractivity (Wildman–Crippen MR) is 117 cm³/mol. The summed E-state index contributed by atoms with van der Waals surface area (Å²) in [6.45, 7) is 2.92. The first-order valence-electron chi connectivity index (χ1n) is 10.7. The summed E-state index contributed by atoms with van der Waals surface area (Å²) in [6.07, 6.45) is 5.18. The number of hydrogen-bond donors (Lipinski definition) is 1. The van der Waals surface area contributed by atoms with Crippen molar-refractivity contribution >= 4 is 11.5 Å². The number of Topliss-reactive ketones (excluding diaryl/α,β-unsaturated/α-hetero) is 1. The molecule has 0 aromatic heterocycles. The van der Waals surface area contributed by atoms with Gasteiger partial charge in [0.25, 0.3) is 0 Å². The number of para-hydroxylation sites is 2. The van der Waals surface area contributed by atoms with Crippen LogP contribution in [0.1, 0.15) is 43.6 Å². The highest BCUT2D eigenvalue weighted by molar-refractivity contribution is 5.98. The summed E-state index contributed by atoms with van der Waals surface area (Å²) in [5, 5.41) is 3.58. The van der Waals surface area contributed by atoms with Crippen LogP contribution in [0.15, 0.2) is 65.9 Å². The molecule has 0 radical (unpaired) electrons. The van der Waals surface area contributed by atoms with Gasteiger partial charge in [0.05, 0.1) is 12.8 Å². The van der Waals surface area contributed by atoms with Crippen LogP contribution >= 0.6 is 0 Å². The highest BCUT2D eigenvalue weighted by Crippen LogP contribution is 2.37. The van der Waals surface area contributed by atoms with Crippen LogP contribution in [0.4, 0.5) is 5.69 Å². The van der Waals surface area contributed by atoms with Crippen LogP contribution in [-0.4, -0.2) is 37.4 Å². The van der Waals surface area contributed by atoms with Gasteiger partial charge in [-0.25, -0.2) is 0 Å². The van der Waals surface area contributed by atoms with Crippen LogP contribution in [0.25, 0.3) is 0 Å². The number of ether oxygens (including phenoxy) is 1. The summed E-state index contributed by atoms with van der Waals surface area (Å²) in [4.78, 5) is 15.7. The third-order valence-electron chi connectivity index (χ3n) is 6.08. The summed E-state index contributed by atoms with van der Waals surface area (Å²) in [5.41, 5.74) is 4.15. The van der Waals surface area contributed by atoms with Crippen LogP contribution < -0.4 is 10.1 Å². The first-order chi connectivity index (χ1) is 14.2. The molecule has 0 spiro atoms. The van der Waals surface area contributed by atoms with Gasteiger partial charge in [-0.3, -0.25) is 9.69 Å². The lowest BCUT2D eigenvalue weighted by Crippen LogP contribution is -2.35. The van der Waals surface area contributed by atoms with E-state index in [1.165, 1.54) is 24.8 Å². The second-order valence-electron chi connectivity index (χ2n) is 8.06. The Kier molecular flexibility index (Phi) is 6.30. The third kappa shape index (κ3) is 4.70. The number of carbonyl (C=O) groups is 1. The van der Waals surface area contributed by atoms with E-state index in [0.717, 1.165) is 48.8 Å². The summed E-state index contributed by atoms with van der Waals surface area (Å²) in [5.74, 6) is 1.28. The largest absolute Gasteiger partial charge is 0.495 e. The Labute approximate surface area is 173 Å². The maximum Gasteiger partial charge on any atom is 0.162 e. The van der Waals surface area contributed by atoms with Gasteiger partial charge >= 0.3 is 0 Å². The average Bonchev–Trinajstić information content (AvgIpc) is 2.77. The molecule has 1 aliphatic heterocycles. The predicted octanol–water partition coefficient (Wildman–Crippen LogP) is 4.99. The van der Waals surface area contributed by atoms with Crippen LogP contribution in [-0.2, 0) is 4.79 Å². The van der Waals surface area contributed by atoms with E-state index in [9.17, 15) is 4.79 Å². The highest BCUT2D eigenvalue weighted by atomic mass is 16.5. The van der Waals surface area contributed by atoms with E-state index in [0.29, 0.717) is 6.42 Å². The van der Waals surface area contributed by atoms with E-state index in [-0.39, 0.29) is 11.7 Å². The fourth-order valence-corrected chi connectivity index (χ4v) is 4.48. The topological polar surface area (TPSA) is 41.6 Å². The standard InChI is InChI=1S/C25H30N2O2/c1-29-25-13-7-6-12-22(25)26-23-16-20(19-10-4-2-5-11-19)17-24(28)21(23)18-27-14-8-3-9-15-27/h2,4-7,10-13,20,26H,3,8-9,14-18H2,1H3. The van der Waals surface area contributed by atoms with Gasteiger partial charge in [0, 0.05) is 24.2 Å². The zero-order valence-corrected chi connectivity index (χ0v) is 17.2. The number of methoxy groups -OCH3 is 1. The quantitative estimate of drug-likeness (QED) is 0.754. The molecule has 2 aromatic rings. The summed E-state index contributed by atoms with van der Waals surface area (Å²) in [7, 11) is 1.68.